The maximum Gasteiger partial charge on any atom is 0.243 e. The van der Waals surface area contributed by atoms with E-state index in [4.69, 9.17) is 11.6 Å². The largest absolute Gasteiger partial charge is 0.243 e. The van der Waals surface area contributed by atoms with Gasteiger partial charge in [-0.15, -0.1) is 5.10 Å². The smallest absolute Gasteiger partial charge is 0.216 e. The summed E-state index contributed by atoms with van der Waals surface area (Å²) in [6.07, 6.45) is 0.870. The normalized spacial score (nSPS) is 11.0. The van der Waals surface area contributed by atoms with E-state index in [0.717, 1.165) is 17.9 Å². The summed E-state index contributed by atoms with van der Waals surface area (Å²) in [5, 5.41) is 4.51. The Balaban J connectivity index is 2.40. The van der Waals surface area contributed by atoms with Crippen molar-refractivity contribution in [3.05, 3.63) is 41.4 Å². The first-order valence-corrected chi connectivity index (χ1v) is 5.71. The summed E-state index contributed by atoms with van der Waals surface area (Å²) in [7, 11) is 0. The Labute approximate surface area is 100 Å². The average Bonchev–Trinajstić information content (AvgIpc) is 2.60. The lowest BCUT2D eigenvalue weighted by Crippen LogP contribution is -2.06. The van der Waals surface area contributed by atoms with Crippen molar-refractivity contribution in [1.82, 2.24) is 14.8 Å². The first-order chi connectivity index (χ1) is 7.66. The number of hydrogen-bond acceptors (Lipinski definition) is 2. The van der Waals surface area contributed by atoms with Gasteiger partial charge in [0.05, 0.1) is 5.69 Å². The molecule has 0 fully saturated rings. The van der Waals surface area contributed by atoms with Gasteiger partial charge in [-0.3, -0.25) is 0 Å². The Bertz CT molecular complexity index is 462. The van der Waals surface area contributed by atoms with E-state index >= 15 is 0 Å². The van der Waals surface area contributed by atoms with Crippen LogP contribution in [-0.4, -0.2) is 14.8 Å². The predicted octanol–water partition coefficient (Wildman–Crippen LogP) is 3.12. The molecule has 0 aliphatic carbocycles. The molecular weight excluding hydrogens is 222 g/mol. The fourth-order valence-electron chi connectivity index (χ4n) is 1.59. The Morgan fingerprint density at radius 3 is 2.56 bits per heavy atom. The second-order valence-electron chi connectivity index (χ2n) is 4.14. The second kappa shape index (κ2) is 4.66. The highest BCUT2D eigenvalue weighted by atomic mass is 35.5. The molecule has 1 aromatic heterocycles. The summed E-state index contributed by atoms with van der Waals surface area (Å²) in [6, 6.07) is 9.92. The topological polar surface area (TPSA) is 30.7 Å². The summed E-state index contributed by atoms with van der Waals surface area (Å²) in [6.45, 7) is 4.30. The quantitative estimate of drug-likeness (QED) is 0.819. The third-order valence-corrected chi connectivity index (χ3v) is 2.40. The zero-order valence-electron chi connectivity index (χ0n) is 9.39. The summed E-state index contributed by atoms with van der Waals surface area (Å²) in [5.74, 6) is 1.44. The van der Waals surface area contributed by atoms with Crippen molar-refractivity contribution in [2.24, 2.45) is 5.92 Å². The minimum Gasteiger partial charge on any atom is -0.216 e. The standard InChI is InChI=1S/C12H14ClN3/c1-9(2)8-11-14-12(13)15-16(11)10-6-4-3-5-7-10/h3-7,9H,8H2,1-2H3. The molecule has 0 saturated carbocycles. The van der Waals surface area contributed by atoms with Crippen LogP contribution in [0.1, 0.15) is 19.7 Å². The number of aromatic nitrogens is 3. The van der Waals surface area contributed by atoms with Crippen molar-refractivity contribution in [3.63, 3.8) is 0 Å². The Morgan fingerprint density at radius 2 is 1.94 bits per heavy atom. The lowest BCUT2D eigenvalue weighted by atomic mass is 10.1. The van der Waals surface area contributed by atoms with Crippen LogP contribution in [-0.2, 0) is 6.42 Å². The number of halogens is 1. The van der Waals surface area contributed by atoms with Crippen molar-refractivity contribution in [1.29, 1.82) is 0 Å². The van der Waals surface area contributed by atoms with Crippen LogP contribution < -0.4 is 0 Å². The molecule has 16 heavy (non-hydrogen) atoms. The van der Waals surface area contributed by atoms with E-state index in [9.17, 15) is 0 Å². The molecule has 1 aromatic carbocycles. The molecule has 0 unspecified atom stereocenters. The van der Waals surface area contributed by atoms with Crippen LogP contribution >= 0.6 is 11.6 Å². The molecule has 2 rings (SSSR count). The average molecular weight is 236 g/mol. The fourth-order valence-corrected chi connectivity index (χ4v) is 1.76. The predicted molar refractivity (Wildman–Crippen MR) is 64.9 cm³/mol. The van der Waals surface area contributed by atoms with Gasteiger partial charge in [0.15, 0.2) is 0 Å². The summed E-state index contributed by atoms with van der Waals surface area (Å²) in [4.78, 5) is 4.24. The minimum atomic E-state index is 0.305. The number of rotatable bonds is 3. The Hall–Kier alpha value is -1.35. The summed E-state index contributed by atoms with van der Waals surface area (Å²) in [5.41, 5.74) is 0.998. The molecule has 0 N–H and O–H groups in total. The third-order valence-electron chi connectivity index (χ3n) is 2.24. The highest BCUT2D eigenvalue weighted by Gasteiger charge is 2.11. The summed E-state index contributed by atoms with van der Waals surface area (Å²) < 4.78 is 1.81. The van der Waals surface area contributed by atoms with Crippen LogP contribution in [0.15, 0.2) is 30.3 Å². The van der Waals surface area contributed by atoms with E-state index in [1.54, 1.807) is 0 Å². The molecular formula is C12H14ClN3. The van der Waals surface area contributed by atoms with E-state index in [2.05, 4.69) is 23.9 Å². The molecule has 0 saturated heterocycles. The molecule has 0 bridgehead atoms. The van der Waals surface area contributed by atoms with Crippen molar-refractivity contribution in [3.8, 4) is 5.69 Å². The molecule has 0 atom stereocenters. The van der Waals surface area contributed by atoms with E-state index < -0.39 is 0 Å². The van der Waals surface area contributed by atoms with Crippen LogP contribution in [0.5, 0.6) is 0 Å². The van der Waals surface area contributed by atoms with Crippen LogP contribution in [0.3, 0.4) is 0 Å². The zero-order valence-corrected chi connectivity index (χ0v) is 10.1. The Morgan fingerprint density at radius 1 is 1.25 bits per heavy atom. The van der Waals surface area contributed by atoms with Gasteiger partial charge in [0.25, 0.3) is 0 Å². The number of nitrogens with zero attached hydrogens (tertiary/aromatic N) is 3. The van der Waals surface area contributed by atoms with Crippen LogP contribution in [0, 0.1) is 5.92 Å². The van der Waals surface area contributed by atoms with Crippen LogP contribution in [0.25, 0.3) is 5.69 Å². The lowest BCUT2D eigenvalue weighted by Gasteiger charge is -2.06. The van der Waals surface area contributed by atoms with Gasteiger partial charge < -0.3 is 0 Å². The van der Waals surface area contributed by atoms with E-state index in [1.165, 1.54) is 0 Å². The van der Waals surface area contributed by atoms with Crippen molar-refractivity contribution in [2.45, 2.75) is 20.3 Å². The van der Waals surface area contributed by atoms with Crippen LogP contribution in [0.2, 0.25) is 5.28 Å². The van der Waals surface area contributed by atoms with E-state index in [-0.39, 0.29) is 0 Å². The highest BCUT2D eigenvalue weighted by molar-refractivity contribution is 6.28. The molecule has 1 heterocycles. The lowest BCUT2D eigenvalue weighted by molar-refractivity contribution is 0.605. The molecule has 3 nitrogen and oxygen atoms in total. The zero-order chi connectivity index (χ0) is 11.5. The number of para-hydroxylation sites is 1. The van der Waals surface area contributed by atoms with Crippen molar-refractivity contribution in [2.75, 3.05) is 0 Å². The van der Waals surface area contributed by atoms with Gasteiger partial charge in [-0.1, -0.05) is 32.0 Å². The minimum absolute atomic E-state index is 0.305. The number of hydrogen-bond donors (Lipinski definition) is 0. The van der Waals surface area contributed by atoms with Gasteiger partial charge in [0.2, 0.25) is 5.28 Å². The second-order valence-corrected chi connectivity index (χ2v) is 4.48. The number of benzene rings is 1. The molecule has 84 valence electrons. The van der Waals surface area contributed by atoms with Crippen LogP contribution in [0.4, 0.5) is 0 Å². The monoisotopic (exact) mass is 235 g/mol. The summed E-state index contributed by atoms with van der Waals surface area (Å²) >= 11 is 5.86. The first-order valence-electron chi connectivity index (χ1n) is 5.33. The molecule has 0 spiro atoms. The van der Waals surface area contributed by atoms with Gasteiger partial charge >= 0.3 is 0 Å². The van der Waals surface area contributed by atoms with E-state index in [0.29, 0.717) is 11.2 Å². The highest BCUT2D eigenvalue weighted by Crippen LogP contribution is 2.14. The molecule has 0 aliphatic rings. The van der Waals surface area contributed by atoms with Gasteiger partial charge in [-0.25, -0.2) is 9.67 Å². The van der Waals surface area contributed by atoms with Crippen molar-refractivity contribution < 1.29 is 0 Å². The van der Waals surface area contributed by atoms with Gasteiger partial charge in [0, 0.05) is 6.42 Å². The molecule has 0 radical (unpaired) electrons. The van der Waals surface area contributed by atoms with Gasteiger partial charge in [-0.2, -0.15) is 0 Å². The molecule has 0 aliphatic heterocycles. The maximum absolute atomic E-state index is 5.86. The third kappa shape index (κ3) is 2.42. The molecule has 0 amide bonds. The molecule has 2 aromatic rings. The van der Waals surface area contributed by atoms with Gasteiger partial charge in [-0.05, 0) is 29.7 Å². The van der Waals surface area contributed by atoms with Crippen molar-refractivity contribution >= 4 is 11.6 Å². The molecule has 4 heteroatoms. The SMILES string of the molecule is CC(C)Cc1nc(Cl)nn1-c1ccccc1. The van der Waals surface area contributed by atoms with Gasteiger partial charge in [0.1, 0.15) is 5.82 Å². The Kier molecular flexibility index (Phi) is 3.25. The fraction of sp³-hybridized carbons (Fsp3) is 0.333. The van der Waals surface area contributed by atoms with E-state index in [1.807, 2.05) is 35.0 Å². The first kappa shape index (κ1) is 11.1. The maximum atomic E-state index is 5.86.